The molecule has 3 aromatic rings. The van der Waals surface area contributed by atoms with E-state index in [9.17, 15) is 9.18 Å². The number of pyridine rings is 1. The molecule has 0 aliphatic carbocycles. The van der Waals surface area contributed by atoms with Gasteiger partial charge in [-0.25, -0.2) is 9.37 Å². The van der Waals surface area contributed by atoms with Crippen molar-refractivity contribution in [3.63, 3.8) is 0 Å². The van der Waals surface area contributed by atoms with Crippen LogP contribution in [-0.4, -0.2) is 9.38 Å². The number of benzene rings is 1. The summed E-state index contributed by atoms with van der Waals surface area (Å²) < 4.78 is 14.9. The van der Waals surface area contributed by atoms with E-state index in [1.807, 2.05) is 0 Å². The summed E-state index contributed by atoms with van der Waals surface area (Å²) in [6.45, 7) is 0. The average molecular weight is 275 g/mol. The average Bonchev–Trinajstić information content (AvgIpc) is 2.43. The summed E-state index contributed by atoms with van der Waals surface area (Å²) in [6.07, 6.45) is 3.07. The second-order valence-corrected chi connectivity index (χ2v) is 4.44. The summed E-state index contributed by atoms with van der Waals surface area (Å²) >= 11 is 5.63. The van der Waals surface area contributed by atoms with Crippen LogP contribution in [0.15, 0.2) is 53.6 Å². The molecule has 0 radical (unpaired) electrons. The predicted molar refractivity (Wildman–Crippen MR) is 71.9 cm³/mol. The Labute approximate surface area is 112 Å². The van der Waals surface area contributed by atoms with Crippen LogP contribution in [0.5, 0.6) is 0 Å². The molecule has 5 heteroatoms. The largest absolute Gasteiger partial charge is 0.268 e. The molecule has 94 valence electrons. The molecule has 0 saturated heterocycles. The first kappa shape index (κ1) is 11.9. The zero-order valence-electron chi connectivity index (χ0n) is 9.68. The third kappa shape index (κ3) is 2.00. The van der Waals surface area contributed by atoms with Gasteiger partial charge in [0.2, 0.25) is 0 Å². The Hall–Kier alpha value is -2.20. The molecule has 0 aliphatic heterocycles. The molecular formula is C14H8ClFN2O. The highest BCUT2D eigenvalue weighted by Gasteiger charge is 2.09. The van der Waals surface area contributed by atoms with Gasteiger partial charge < -0.3 is 0 Å². The zero-order chi connectivity index (χ0) is 13.4. The molecule has 19 heavy (non-hydrogen) atoms. The van der Waals surface area contributed by atoms with Gasteiger partial charge in [-0.05, 0) is 29.8 Å². The maximum absolute atomic E-state index is 13.4. The Morgan fingerprint density at radius 2 is 2.05 bits per heavy atom. The zero-order valence-corrected chi connectivity index (χ0v) is 10.4. The second-order valence-electron chi connectivity index (χ2n) is 4.03. The lowest BCUT2D eigenvalue weighted by Crippen LogP contribution is -2.16. The van der Waals surface area contributed by atoms with Crippen LogP contribution in [0.25, 0.3) is 16.8 Å². The lowest BCUT2D eigenvalue weighted by atomic mass is 10.1. The van der Waals surface area contributed by atoms with Crippen molar-refractivity contribution < 1.29 is 4.39 Å². The number of hydrogen-bond donors (Lipinski definition) is 0. The Balaban J connectivity index is 2.28. The van der Waals surface area contributed by atoms with Gasteiger partial charge in [0.25, 0.3) is 5.56 Å². The Kier molecular flexibility index (Phi) is 2.80. The number of nitrogens with zero attached hydrogens (tertiary/aromatic N) is 2. The topological polar surface area (TPSA) is 34.4 Å². The van der Waals surface area contributed by atoms with Crippen molar-refractivity contribution in [3.05, 3.63) is 70.0 Å². The van der Waals surface area contributed by atoms with E-state index < -0.39 is 5.82 Å². The van der Waals surface area contributed by atoms with Crippen molar-refractivity contribution in [3.8, 4) is 11.1 Å². The Morgan fingerprint density at radius 3 is 2.84 bits per heavy atom. The molecule has 0 spiro atoms. The van der Waals surface area contributed by atoms with Gasteiger partial charge in [-0.2, -0.15) is 0 Å². The van der Waals surface area contributed by atoms with E-state index in [4.69, 9.17) is 11.6 Å². The van der Waals surface area contributed by atoms with Gasteiger partial charge in [-0.1, -0.05) is 23.7 Å². The molecule has 0 unspecified atom stereocenters. The van der Waals surface area contributed by atoms with Crippen molar-refractivity contribution in [2.75, 3.05) is 0 Å². The van der Waals surface area contributed by atoms with E-state index in [1.165, 1.54) is 22.7 Å². The SMILES string of the molecule is O=c1c(-c2ccc(Cl)c(F)c2)cnc2ccccn12. The molecule has 1 aromatic carbocycles. The van der Waals surface area contributed by atoms with Gasteiger partial charge in [0.1, 0.15) is 11.5 Å². The second kappa shape index (κ2) is 4.48. The summed E-state index contributed by atoms with van der Waals surface area (Å²) in [5.41, 5.74) is 1.09. The van der Waals surface area contributed by atoms with E-state index in [2.05, 4.69) is 4.98 Å². The molecule has 0 N–H and O–H groups in total. The van der Waals surface area contributed by atoms with E-state index in [1.54, 1.807) is 30.5 Å². The van der Waals surface area contributed by atoms with Crippen molar-refractivity contribution in [1.29, 1.82) is 0 Å². The number of rotatable bonds is 1. The number of hydrogen-bond acceptors (Lipinski definition) is 2. The molecule has 0 bridgehead atoms. The lowest BCUT2D eigenvalue weighted by Gasteiger charge is -2.04. The fraction of sp³-hybridized carbons (Fsp3) is 0. The van der Waals surface area contributed by atoms with Gasteiger partial charge in [-0.3, -0.25) is 9.20 Å². The molecule has 0 atom stereocenters. The van der Waals surface area contributed by atoms with Crippen LogP contribution in [0.3, 0.4) is 0 Å². The molecule has 2 heterocycles. The quantitative estimate of drug-likeness (QED) is 0.683. The van der Waals surface area contributed by atoms with Crippen LogP contribution < -0.4 is 5.56 Å². The Bertz CT molecular complexity index is 829. The van der Waals surface area contributed by atoms with Gasteiger partial charge in [0, 0.05) is 12.4 Å². The number of halogens is 2. The molecule has 3 nitrogen and oxygen atoms in total. The highest BCUT2D eigenvalue weighted by atomic mass is 35.5. The van der Waals surface area contributed by atoms with Gasteiger partial charge in [0.15, 0.2) is 0 Å². The first-order valence-electron chi connectivity index (χ1n) is 5.58. The first-order chi connectivity index (χ1) is 9.16. The third-order valence-corrected chi connectivity index (χ3v) is 3.15. The van der Waals surface area contributed by atoms with E-state index in [0.717, 1.165) is 0 Å². The molecule has 0 aliphatic rings. The fourth-order valence-electron chi connectivity index (χ4n) is 1.89. The minimum absolute atomic E-state index is 0.0256. The summed E-state index contributed by atoms with van der Waals surface area (Å²) in [5, 5.41) is 0.0256. The van der Waals surface area contributed by atoms with Gasteiger partial charge >= 0.3 is 0 Å². The van der Waals surface area contributed by atoms with Crippen molar-refractivity contribution >= 4 is 17.2 Å². The minimum atomic E-state index is -0.559. The van der Waals surface area contributed by atoms with Crippen LogP contribution in [0.2, 0.25) is 5.02 Å². The van der Waals surface area contributed by atoms with Gasteiger partial charge in [0.05, 0.1) is 10.6 Å². The number of aromatic nitrogens is 2. The maximum Gasteiger partial charge on any atom is 0.265 e. The minimum Gasteiger partial charge on any atom is -0.268 e. The van der Waals surface area contributed by atoms with E-state index in [0.29, 0.717) is 16.8 Å². The van der Waals surface area contributed by atoms with E-state index >= 15 is 0 Å². The van der Waals surface area contributed by atoms with Crippen LogP contribution in [0.4, 0.5) is 4.39 Å². The highest BCUT2D eigenvalue weighted by molar-refractivity contribution is 6.30. The summed E-state index contributed by atoms with van der Waals surface area (Å²) in [7, 11) is 0. The molecule has 0 saturated carbocycles. The summed E-state index contributed by atoms with van der Waals surface area (Å²) in [5.74, 6) is -0.559. The van der Waals surface area contributed by atoms with Gasteiger partial charge in [-0.15, -0.1) is 0 Å². The Morgan fingerprint density at radius 1 is 1.21 bits per heavy atom. The molecule has 0 amide bonds. The van der Waals surface area contributed by atoms with Crippen LogP contribution in [0, 0.1) is 5.82 Å². The molecule has 2 aromatic heterocycles. The lowest BCUT2D eigenvalue weighted by molar-refractivity contribution is 0.629. The van der Waals surface area contributed by atoms with Crippen LogP contribution >= 0.6 is 11.6 Å². The third-order valence-electron chi connectivity index (χ3n) is 2.84. The maximum atomic E-state index is 13.4. The highest BCUT2D eigenvalue weighted by Crippen LogP contribution is 2.21. The van der Waals surface area contributed by atoms with Crippen molar-refractivity contribution in [2.45, 2.75) is 0 Å². The fourth-order valence-corrected chi connectivity index (χ4v) is 2.01. The van der Waals surface area contributed by atoms with Crippen molar-refractivity contribution in [1.82, 2.24) is 9.38 Å². The van der Waals surface area contributed by atoms with Crippen LogP contribution in [0.1, 0.15) is 0 Å². The normalized spacial score (nSPS) is 10.8. The van der Waals surface area contributed by atoms with Crippen LogP contribution in [-0.2, 0) is 0 Å². The summed E-state index contributed by atoms with van der Waals surface area (Å²) in [6, 6.07) is 9.51. The number of fused-ring (bicyclic) bond motifs is 1. The van der Waals surface area contributed by atoms with Crippen molar-refractivity contribution in [2.24, 2.45) is 0 Å². The standard InChI is InChI=1S/C14H8ClFN2O/c15-11-5-4-9(7-12(11)16)10-8-17-13-3-1-2-6-18(13)14(10)19/h1-8H. The summed E-state index contributed by atoms with van der Waals surface area (Å²) in [4.78, 5) is 16.5. The molecular weight excluding hydrogens is 267 g/mol. The monoisotopic (exact) mass is 274 g/mol. The smallest absolute Gasteiger partial charge is 0.265 e. The first-order valence-corrected chi connectivity index (χ1v) is 5.96. The molecule has 0 fully saturated rings. The molecule has 3 rings (SSSR count). The predicted octanol–water partition coefficient (Wildman–Crippen LogP) is 3.15. The van der Waals surface area contributed by atoms with E-state index in [-0.39, 0.29) is 10.6 Å².